The van der Waals surface area contributed by atoms with Crippen LogP contribution < -0.4 is 10.6 Å². The lowest BCUT2D eigenvalue weighted by molar-refractivity contribution is -0.128. The lowest BCUT2D eigenvalue weighted by Crippen LogP contribution is -2.46. The molecule has 2 N–H and O–H groups in total. The van der Waals surface area contributed by atoms with Crippen molar-refractivity contribution in [2.75, 3.05) is 25.0 Å². The number of halogens is 1. The molecule has 0 bridgehead atoms. The molecule has 1 aliphatic heterocycles. The fraction of sp³-hybridized carbons (Fsp3) is 0.316. The van der Waals surface area contributed by atoms with Crippen molar-refractivity contribution >= 4 is 27.7 Å². The molecular weight excluding hydrogens is 399 g/mol. The summed E-state index contributed by atoms with van der Waals surface area (Å²) in [5, 5.41) is 5.10. The number of carbonyl (C=O) groups excluding carboxylic acids is 2. The Morgan fingerprint density at radius 1 is 1.17 bits per heavy atom. The molecule has 154 valence electrons. The lowest BCUT2D eigenvalue weighted by atomic mass is 9.99. The van der Waals surface area contributed by atoms with Crippen molar-refractivity contribution in [3.63, 3.8) is 0 Å². The Kier molecular flexibility index (Phi) is 6.55. The zero-order valence-corrected chi connectivity index (χ0v) is 16.4. The molecule has 1 aliphatic rings. The van der Waals surface area contributed by atoms with Crippen LogP contribution in [-0.4, -0.2) is 49.2 Å². The summed E-state index contributed by atoms with van der Waals surface area (Å²) in [7, 11) is -3.82. The van der Waals surface area contributed by atoms with Gasteiger partial charge in [-0.15, -0.1) is 0 Å². The van der Waals surface area contributed by atoms with Crippen LogP contribution in [0.1, 0.15) is 12.8 Å². The number of sulfonamides is 1. The number of aromatic nitrogens is 1. The Balaban J connectivity index is 1.56. The molecule has 1 atom stereocenters. The van der Waals surface area contributed by atoms with Crippen LogP contribution in [0.5, 0.6) is 0 Å². The number of amides is 2. The average Bonchev–Trinajstić information content (AvgIpc) is 2.73. The Morgan fingerprint density at radius 2 is 1.93 bits per heavy atom. The molecule has 2 aromatic rings. The largest absolute Gasteiger partial charge is 0.347 e. The molecular formula is C19H21FN4O4S. The zero-order chi connectivity index (χ0) is 20.9. The van der Waals surface area contributed by atoms with Crippen LogP contribution in [0, 0.1) is 11.7 Å². The first-order valence-corrected chi connectivity index (χ1v) is 10.5. The Hall–Kier alpha value is -2.85. The van der Waals surface area contributed by atoms with Crippen LogP contribution >= 0.6 is 0 Å². The maximum atomic E-state index is 13.1. The molecule has 1 saturated heterocycles. The minimum atomic E-state index is -3.82. The summed E-state index contributed by atoms with van der Waals surface area (Å²) < 4.78 is 39.8. The van der Waals surface area contributed by atoms with Gasteiger partial charge in [0, 0.05) is 19.3 Å². The molecule has 8 nitrogen and oxygen atoms in total. The average molecular weight is 420 g/mol. The van der Waals surface area contributed by atoms with Crippen molar-refractivity contribution in [3.05, 3.63) is 54.5 Å². The van der Waals surface area contributed by atoms with E-state index >= 15 is 0 Å². The van der Waals surface area contributed by atoms with E-state index in [1.807, 2.05) is 0 Å². The topological polar surface area (TPSA) is 108 Å². The number of pyridine rings is 1. The van der Waals surface area contributed by atoms with Crippen LogP contribution in [0.2, 0.25) is 0 Å². The summed E-state index contributed by atoms with van der Waals surface area (Å²) in [6.45, 7) is 0.0493. The molecule has 2 heterocycles. The second kappa shape index (κ2) is 9.10. The smallest absolute Gasteiger partial charge is 0.244 e. The number of carbonyl (C=O) groups is 2. The first-order chi connectivity index (χ1) is 13.9. The predicted molar refractivity (Wildman–Crippen MR) is 104 cm³/mol. The van der Waals surface area contributed by atoms with Crippen molar-refractivity contribution in [3.8, 4) is 0 Å². The van der Waals surface area contributed by atoms with E-state index in [2.05, 4.69) is 15.6 Å². The second-order valence-corrected chi connectivity index (χ2v) is 8.58. The standard InChI is InChI=1S/C19H21FN4O4S/c20-15-6-8-16(9-7-15)29(27,28)24-11-3-4-14(13-24)19(26)22-12-18(25)23-17-5-1-2-10-21-17/h1-2,5-10,14H,3-4,11-13H2,(H,22,26)(H,21,23,25). The minimum Gasteiger partial charge on any atom is -0.347 e. The van der Waals surface area contributed by atoms with Crippen molar-refractivity contribution in [2.45, 2.75) is 17.7 Å². The maximum Gasteiger partial charge on any atom is 0.244 e. The van der Waals surface area contributed by atoms with Crippen molar-refractivity contribution in [1.82, 2.24) is 14.6 Å². The van der Waals surface area contributed by atoms with E-state index in [-0.39, 0.29) is 30.4 Å². The Labute approximate surface area is 168 Å². The maximum absolute atomic E-state index is 13.1. The van der Waals surface area contributed by atoms with Crippen LogP contribution in [-0.2, 0) is 19.6 Å². The quantitative estimate of drug-likeness (QED) is 0.734. The molecule has 0 aliphatic carbocycles. The highest BCUT2D eigenvalue weighted by Gasteiger charge is 2.33. The third kappa shape index (κ3) is 5.36. The highest BCUT2D eigenvalue weighted by atomic mass is 32.2. The number of rotatable bonds is 6. The van der Waals surface area contributed by atoms with E-state index in [0.29, 0.717) is 18.7 Å². The molecule has 3 rings (SSSR count). The van der Waals surface area contributed by atoms with Gasteiger partial charge in [0.05, 0.1) is 17.4 Å². The van der Waals surface area contributed by atoms with E-state index in [1.54, 1.807) is 18.2 Å². The van der Waals surface area contributed by atoms with Crippen molar-refractivity contribution < 1.29 is 22.4 Å². The first kappa shape index (κ1) is 20.9. The van der Waals surface area contributed by atoms with Gasteiger partial charge in [0.2, 0.25) is 21.8 Å². The summed E-state index contributed by atoms with van der Waals surface area (Å²) in [5.74, 6) is -1.53. The van der Waals surface area contributed by atoms with Crippen LogP contribution in [0.15, 0.2) is 53.6 Å². The number of anilines is 1. The monoisotopic (exact) mass is 420 g/mol. The van der Waals surface area contributed by atoms with E-state index in [0.717, 1.165) is 12.1 Å². The summed E-state index contributed by atoms with van der Waals surface area (Å²) in [4.78, 5) is 28.3. The molecule has 2 amide bonds. The second-order valence-electron chi connectivity index (χ2n) is 6.64. The fourth-order valence-electron chi connectivity index (χ4n) is 3.07. The minimum absolute atomic E-state index is 0.00734. The summed E-state index contributed by atoms with van der Waals surface area (Å²) in [6, 6.07) is 9.64. The van der Waals surface area contributed by atoms with Gasteiger partial charge in [-0.3, -0.25) is 9.59 Å². The lowest BCUT2D eigenvalue weighted by Gasteiger charge is -2.31. The third-order valence-corrected chi connectivity index (χ3v) is 6.44. The number of benzene rings is 1. The highest BCUT2D eigenvalue weighted by molar-refractivity contribution is 7.89. The van der Waals surface area contributed by atoms with Gasteiger partial charge in [0.15, 0.2) is 0 Å². The van der Waals surface area contributed by atoms with Gasteiger partial charge in [-0.25, -0.2) is 17.8 Å². The Morgan fingerprint density at radius 3 is 2.62 bits per heavy atom. The van der Waals surface area contributed by atoms with Gasteiger partial charge in [0.1, 0.15) is 11.6 Å². The van der Waals surface area contributed by atoms with Gasteiger partial charge in [-0.2, -0.15) is 4.31 Å². The fourth-order valence-corrected chi connectivity index (χ4v) is 4.59. The molecule has 1 aromatic carbocycles. The van der Waals surface area contributed by atoms with Gasteiger partial charge in [-0.1, -0.05) is 6.07 Å². The van der Waals surface area contributed by atoms with Gasteiger partial charge in [-0.05, 0) is 49.2 Å². The molecule has 1 fully saturated rings. The van der Waals surface area contributed by atoms with Crippen LogP contribution in [0.4, 0.5) is 10.2 Å². The van der Waals surface area contributed by atoms with E-state index in [1.165, 1.54) is 22.6 Å². The number of piperidine rings is 1. The number of nitrogens with zero attached hydrogens (tertiary/aromatic N) is 2. The third-order valence-electron chi connectivity index (χ3n) is 4.56. The van der Waals surface area contributed by atoms with Gasteiger partial charge < -0.3 is 10.6 Å². The molecule has 0 radical (unpaired) electrons. The molecule has 10 heteroatoms. The molecule has 0 spiro atoms. The van der Waals surface area contributed by atoms with Crippen LogP contribution in [0.3, 0.4) is 0 Å². The summed E-state index contributed by atoms with van der Waals surface area (Å²) in [6.07, 6.45) is 2.56. The van der Waals surface area contributed by atoms with Crippen LogP contribution in [0.25, 0.3) is 0 Å². The van der Waals surface area contributed by atoms with E-state index < -0.39 is 27.7 Å². The molecule has 29 heavy (non-hydrogen) atoms. The SMILES string of the molecule is O=C(CNC(=O)C1CCCN(S(=O)(=O)c2ccc(F)cc2)C1)Nc1ccccn1. The number of hydrogen-bond donors (Lipinski definition) is 2. The predicted octanol–water partition coefficient (Wildman–Crippen LogP) is 1.38. The molecule has 1 aromatic heterocycles. The summed E-state index contributed by atoms with van der Waals surface area (Å²) in [5.41, 5.74) is 0. The van der Waals surface area contributed by atoms with Crippen molar-refractivity contribution in [1.29, 1.82) is 0 Å². The molecule has 1 unspecified atom stereocenters. The highest BCUT2D eigenvalue weighted by Crippen LogP contribution is 2.24. The first-order valence-electron chi connectivity index (χ1n) is 9.10. The Bertz CT molecular complexity index is 967. The normalized spacial score (nSPS) is 17.5. The van der Waals surface area contributed by atoms with E-state index in [4.69, 9.17) is 0 Å². The number of hydrogen-bond acceptors (Lipinski definition) is 5. The van der Waals surface area contributed by atoms with E-state index in [9.17, 15) is 22.4 Å². The molecule has 0 saturated carbocycles. The summed E-state index contributed by atoms with van der Waals surface area (Å²) >= 11 is 0. The number of nitrogens with one attached hydrogen (secondary N) is 2. The van der Waals surface area contributed by atoms with Crippen molar-refractivity contribution in [2.24, 2.45) is 5.92 Å². The van der Waals surface area contributed by atoms with Gasteiger partial charge in [0.25, 0.3) is 0 Å². The van der Waals surface area contributed by atoms with Gasteiger partial charge >= 0.3 is 0 Å². The zero-order valence-electron chi connectivity index (χ0n) is 15.5.